The predicted octanol–water partition coefficient (Wildman–Crippen LogP) is 1.49. The Hall–Kier alpha value is -0.120. The van der Waals surface area contributed by atoms with Crippen LogP contribution in [0, 0.1) is 5.41 Å². The topological polar surface area (TPSA) is 24.5 Å². The fraction of sp³-hybridized carbons (Fsp3) is 1.00. The van der Waals surface area contributed by atoms with E-state index in [0.717, 1.165) is 19.7 Å². The molecule has 2 saturated heterocycles. The lowest BCUT2D eigenvalue weighted by atomic mass is 9.85. The fourth-order valence-corrected chi connectivity index (χ4v) is 2.63. The predicted molar refractivity (Wildman–Crippen MR) is 66.7 cm³/mol. The first kappa shape index (κ1) is 12.3. The number of nitrogens with zero attached hydrogens (tertiary/aromatic N) is 1. The summed E-state index contributed by atoms with van der Waals surface area (Å²) in [6.07, 6.45) is 3.00. The molecule has 2 aliphatic heterocycles. The van der Waals surface area contributed by atoms with Crippen molar-refractivity contribution >= 4 is 0 Å². The van der Waals surface area contributed by atoms with Crippen LogP contribution >= 0.6 is 0 Å². The van der Waals surface area contributed by atoms with Gasteiger partial charge in [-0.1, -0.05) is 20.8 Å². The second-order valence-electron chi connectivity index (χ2n) is 6.27. The Morgan fingerprint density at radius 2 is 2.19 bits per heavy atom. The van der Waals surface area contributed by atoms with Crippen molar-refractivity contribution in [2.75, 3.05) is 32.8 Å². The van der Waals surface area contributed by atoms with E-state index in [-0.39, 0.29) is 0 Å². The van der Waals surface area contributed by atoms with Crippen molar-refractivity contribution < 1.29 is 4.74 Å². The first-order chi connectivity index (χ1) is 7.55. The number of piperazine rings is 1. The van der Waals surface area contributed by atoms with Crippen LogP contribution in [0.3, 0.4) is 0 Å². The van der Waals surface area contributed by atoms with Crippen LogP contribution in [0.25, 0.3) is 0 Å². The molecule has 0 aromatic carbocycles. The zero-order chi connectivity index (χ0) is 11.6. The van der Waals surface area contributed by atoms with E-state index in [1.54, 1.807) is 0 Å². The molecule has 3 heteroatoms. The Balaban J connectivity index is 1.81. The highest BCUT2D eigenvalue weighted by Crippen LogP contribution is 2.22. The van der Waals surface area contributed by atoms with Crippen LogP contribution < -0.4 is 5.32 Å². The molecular weight excluding hydrogens is 200 g/mol. The van der Waals surface area contributed by atoms with Crippen LogP contribution in [0.2, 0.25) is 0 Å². The highest BCUT2D eigenvalue weighted by Gasteiger charge is 2.30. The third-order valence-corrected chi connectivity index (χ3v) is 3.79. The smallest absolute Gasteiger partial charge is 0.0702 e. The summed E-state index contributed by atoms with van der Waals surface area (Å²) < 4.78 is 5.71. The molecule has 0 amide bonds. The molecule has 16 heavy (non-hydrogen) atoms. The molecule has 0 aromatic rings. The van der Waals surface area contributed by atoms with Crippen molar-refractivity contribution in [3.8, 4) is 0 Å². The van der Waals surface area contributed by atoms with Crippen molar-refractivity contribution in [3.63, 3.8) is 0 Å². The van der Waals surface area contributed by atoms with E-state index in [9.17, 15) is 0 Å². The van der Waals surface area contributed by atoms with E-state index >= 15 is 0 Å². The molecule has 0 spiro atoms. The largest absolute Gasteiger partial charge is 0.377 e. The van der Waals surface area contributed by atoms with Crippen molar-refractivity contribution in [2.45, 2.75) is 45.8 Å². The van der Waals surface area contributed by atoms with Gasteiger partial charge in [-0.2, -0.15) is 0 Å². The SMILES string of the molecule is CC(C)(C)C1CN(CC2CCCO2)CCN1. The molecule has 0 saturated carbocycles. The van der Waals surface area contributed by atoms with Gasteiger partial charge in [0.1, 0.15) is 0 Å². The molecule has 94 valence electrons. The van der Waals surface area contributed by atoms with E-state index in [4.69, 9.17) is 4.74 Å². The lowest BCUT2D eigenvalue weighted by molar-refractivity contribution is 0.0510. The maximum absolute atomic E-state index is 5.71. The summed E-state index contributed by atoms with van der Waals surface area (Å²) in [6.45, 7) is 12.5. The minimum absolute atomic E-state index is 0.356. The first-order valence-corrected chi connectivity index (χ1v) is 6.63. The Bertz CT molecular complexity index is 218. The molecule has 2 aliphatic rings. The molecular formula is C13H26N2O. The Labute approximate surface area is 99.5 Å². The number of nitrogens with one attached hydrogen (secondary N) is 1. The van der Waals surface area contributed by atoms with E-state index in [1.807, 2.05) is 0 Å². The summed E-state index contributed by atoms with van der Waals surface area (Å²) in [5, 5.41) is 3.63. The van der Waals surface area contributed by atoms with Crippen molar-refractivity contribution in [1.29, 1.82) is 0 Å². The standard InChI is InChI=1S/C13H26N2O/c1-13(2,3)12-10-15(7-6-14-12)9-11-5-4-8-16-11/h11-12,14H,4-10H2,1-3H3. The molecule has 3 nitrogen and oxygen atoms in total. The van der Waals surface area contributed by atoms with Crippen LogP contribution in [-0.2, 0) is 4.74 Å². The van der Waals surface area contributed by atoms with Crippen molar-refractivity contribution in [2.24, 2.45) is 5.41 Å². The van der Waals surface area contributed by atoms with Gasteiger partial charge in [0.05, 0.1) is 6.10 Å². The van der Waals surface area contributed by atoms with Gasteiger partial charge < -0.3 is 10.1 Å². The number of hydrogen-bond acceptors (Lipinski definition) is 3. The van der Waals surface area contributed by atoms with Crippen molar-refractivity contribution in [1.82, 2.24) is 10.2 Å². The van der Waals surface area contributed by atoms with Crippen LogP contribution in [0.4, 0.5) is 0 Å². The maximum Gasteiger partial charge on any atom is 0.0702 e. The average Bonchev–Trinajstić information content (AvgIpc) is 2.70. The summed E-state index contributed by atoms with van der Waals surface area (Å²) in [5.41, 5.74) is 0.356. The molecule has 0 bridgehead atoms. The summed E-state index contributed by atoms with van der Waals surface area (Å²) in [4.78, 5) is 2.57. The highest BCUT2D eigenvalue weighted by atomic mass is 16.5. The molecule has 2 fully saturated rings. The van der Waals surface area contributed by atoms with E-state index < -0.39 is 0 Å². The zero-order valence-electron chi connectivity index (χ0n) is 11.0. The van der Waals surface area contributed by atoms with Crippen LogP contribution in [0.1, 0.15) is 33.6 Å². The fourth-order valence-electron chi connectivity index (χ4n) is 2.63. The molecule has 2 unspecified atom stereocenters. The van der Waals surface area contributed by atoms with Crippen LogP contribution in [0.15, 0.2) is 0 Å². The summed E-state index contributed by atoms with van der Waals surface area (Å²) in [7, 11) is 0. The van der Waals surface area contributed by atoms with E-state index in [0.29, 0.717) is 17.6 Å². The Morgan fingerprint density at radius 1 is 1.38 bits per heavy atom. The van der Waals surface area contributed by atoms with E-state index in [1.165, 1.54) is 25.9 Å². The van der Waals surface area contributed by atoms with Gasteiger partial charge in [0, 0.05) is 38.8 Å². The van der Waals surface area contributed by atoms with Crippen LogP contribution in [0.5, 0.6) is 0 Å². The molecule has 0 radical (unpaired) electrons. The summed E-state index contributed by atoms with van der Waals surface area (Å²) in [6, 6.07) is 0.614. The number of hydrogen-bond donors (Lipinski definition) is 1. The Morgan fingerprint density at radius 3 is 2.81 bits per heavy atom. The normalized spacial score (nSPS) is 33.2. The number of rotatable bonds is 2. The van der Waals surface area contributed by atoms with E-state index in [2.05, 4.69) is 31.0 Å². The van der Waals surface area contributed by atoms with Gasteiger partial charge in [-0.3, -0.25) is 4.90 Å². The molecule has 2 heterocycles. The van der Waals surface area contributed by atoms with Crippen LogP contribution in [-0.4, -0.2) is 49.8 Å². The third kappa shape index (κ3) is 3.19. The minimum atomic E-state index is 0.356. The highest BCUT2D eigenvalue weighted by molar-refractivity contribution is 4.88. The molecule has 2 atom stereocenters. The first-order valence-electron chi connectivity index (χ1n) is 6.63. The Kier molecular flexibility index (Phi) is 3.88. The van der Waals surface area contributed by atoms with Gasteiger partial charge >= 0.3 is 0 Å². The van der Waals surface area contributed by atoms with Gasteiger partial charge in [-0.05, 0) is 18.3 Å². The minimum Gasteiger partial charge on any atom is -0.377 e. The van der Waals surface area contributed by atoms with Gasteiger partial charge in [0.2, 0.25) is 0 Å². The average molecular weight is 226 g/mol. The van der Waals surface area contributed by atoms with Gasteiger partial charge in [0.15, 0.2) is 0 Å². The molecule has 0 aromatic heterocycles. The second-order valence-corrected chi connectivity index (χ2v) is 6.27. The monoisotopic (exact) mass is 226 g/mol. The van der Waals surface area contributed by atoms with Gasteiger partial charge in [0.25, 0.3) is 0 Å². The molecule has 1 N–H and O–H groups in total. The zero-order valence-corrected chi connectivity index (χ0v) is 11.0. The second kappa shape index (κ2) is 5.03. The summed E-state index contributed by atoms with van der Waals surface area (Å²) >= 11 is 0. The van der Waals surface area contributed by atoms with Gasteiger partial charge in [-0.15, -0.1) is 0 Å². The molecule has 2 rings (SSSR count). The maximum atomic E-state index is 5.71. The lowest BCUT2D eigenvalue weighted by Crippen LogP contribution is -2.56. The van der Waals surface area contributed by atoms with Gasteiger partial charge in [-0.25, -0.2) is 0 Å². The van der Waals surface area contributed by atoms with Crippen molar-refractivity contribution in [3.05, 3.63) is 0 Å². The molecule has 0 aliphatic carbocycles. The number of ether oxygens (including phenoxy) is 1. The summed E-state index contributed by atoms with van der Waals surface area (Å²) in [5.74, 6) is 0. The quantitative estimate of drug-likeness (QED) is 0.772. The lowest BCUT2D eigenvalue weighted by Gasteiger charge is -2.41. The third-order valence-electron chi connectivity index (χ3n) is 3.79.